The number of anilines is 2. The minimum Gasteiger partial charge on any atom is -0.455 e. The fourth-order valence-corrected chi connectivity index (χ4v) is 3.50. The number of nitrogens with one attached hydrogen (secondary N) is 1. The van der Waals surface area contributed by atoms with E-state index in [-0.39, 0.29) is 23.9 Å². The van der Waals surface area contributed by atoms with Crippen molar-refractivity contribution in [3.8, 4) is 0 Å². The van der Waals surface area contributed by atoms with Gasteiger partial charge in [0.1, 0.15) is 0 Å². The van der Waals surface area contributed by atoms with Gasteiger partial charge >= 0.3 is 5.97 Å². The van der Waals surface area contributed by atoms with Crippen LogP contribution in [0, 0.1) is 5.92 Å². The van der Waals surface area contributed by atoms with Gasteiger partial charge in [0.05, 0.1) is 26.7 Å². The number of hydrogen-bond acceptors (Lipinski definition) is 4. The van der Waals surface area contributed by atoms with Crippen LogP contribution in [-0.2, 0) is 19.1 Å². The van der Waals surface area contributed by atoms with Gasteiger partial charge in [0.15, 0.2) is 6.61 Å². The lowest BCUT2D eigenvalue weighted by atomic mass is 10.1. The summed E-state index contributed by atoms with van der Waals surface area (Å²) in [6, 6.07) is 9.31. The molecule has 0 bridgehead atoms. The summed E-state index contributed by atoms with van der Waals surface area (Å²) in [5.41, 5.74) is 0.843. The monoisotopic (exact) mass is 474 g/mol. The Morgan fingerprint density at radius 3 is 2.48 bits per heavy atom. The van der Waals surface area contributed by atoms with Gasteiger partial charge in [0, 0.05) is 23.7 Å². The summed E-state index contributed by atoms with van der Waals surface area (Å²) in [6.07, 6.45) is -0.0455. The van der Waals surface area contributed by atoms with Gasteiger partial charge in [-0.1, -0.05) is 46.4 Å². The number of hydrogen-bond donors (Lipinski definition) is 1. The van der Waals surface area contributed by atoms with Gasteiger partial charge in [-0.05, 0) is 36.4 Å². The second-order valence-corrected chi connectivity index (χ2v) is 7.94. The van der Waals surface area contributed by atoms with Crippen LogP contribution in [0.2, 0.25) is 20.1 Å². The predicted octanol–water partition coefficient (Wildman–Crippen LogP) is 4.84. The fraction of sp³-hybridized carbons (Fsp3) is 0.211. The Bertz CT molecular complexity index is 983. The summed E-state index contributed by atoms with van der Waals surface area (Å²) in [5, 5.41) is 3.94. The number of rotatable bonds is 5. The van der Waals surface area contributed by atoms with Crippen LogP contribution in [0.4, 0.5) is 11.4 Å². The molecule has 0 saturated carbocycles. The maximum atomic E-state index is 12.3. The molecule has 0 unspecified atom stereocenters. The molecule has 10 heteroatoms. The Hall–Kier alpha value is -1.99. The Labute approximate surface area is 186 Å². The highest BCUT2D eigenvalue weighted by Gasteiger charge is 2.37. The zero-order valence-electron chi connectivity index (χ0n) is 14.8. The van der Waals surface area contributed by atoms with Crippen LogP contribution >= 0.6 is 46.4 Å². The Kier molecular flexibility index (Phi) is 6.90. The van der Waals surface area contributed by atoms with Crippen molar-refractivity contribution in [3.63, 3.8) is 0 Å². The number of carbonyl (C=O) groups is 3. The fourth-order valence-electron chi connectivity index (χ4n) is 2.82. The molecule has 1 fully saturated rings. The largest absolute Gasteiger partial charge is 0.455 e. The summed E-state index contributed by atoms with van der Waals surface area (Å²) >= 11 is 23.8. The zero-order valence-corrected chi connectivity index (χ0v) is 17.8. The summed E-state index contributed by atoms with van der Waals surface area (Å²) in [7, 11) is 0. The number of ether oxygens (including phenoxy) is 1. The number of amides is 2. The molecule has 1 aliphatic rings. The van der Waals surface area contributed by atoms with Gasteiger partial charge in [0.2, 0.25) is 5.91 Å². The van der Waals surface area contributed by atoms with Crippen molar-refractivity contribution in [2.24, 2.45) is 5.92 Å². The second-order valence-electron chi connectivity index (χ2n) is 6.29. The van der Waals surface area contributed by atoms with Crippen molar-refractivity contribution in [1.82, 2.24) is 0 Å². The molecule has 2 aromatic carbocycles. The molecule has 2 aromatic rings. The second kappa shape index (κ2) is 9.22. The topological polar surface area (TPSA) is 75.7 Å². The smallest absolute Gasteiger partial charge is 0.311 e. The molecule has 1 saturated heterocycles. The van der Waals surface area contributed by atoms with Crippen molar-refractivity contribution in [2.75, 3.05) is 23.4 Å². The van der Waals surface area contributed by atoms with E-state index in [0.717, 1.165) is 0 Å². The summed E-state index contributed by atoms with van der Waals surface area (Å²) in [6.45, 7) is -0.409. The van der Waals surface area contributed by atoms with E-state index >= 15 is 0 Å². The van der Waals surface area contributed by atoms with Crippen LogP contribution in [0.3, 0.4) is 0 Å². The Morgan fingerprint density at radius 1 is 1.03 bits per heavy atom. The van der Waals surface area contributed by atoms with Gasteiger partial charge in [-0.15, -0.1) is 0 Å². The van der Waals surface area contributed by atoms with E-state index in [0.29, 0.717) is 26.4 Å². The predicted molar refractivity (Wildman–Crippen MR) is 113 cm³/mol. The molecule has 1 N–H and O–H groups in total. The highest BCUT2D eigenvalue weighted by molar-refractivity contribution is 6.42. The number of halogens is 4. The van der Waals surface area contributed by atoms with Crippen LogP contribution in [0.1, 0.15) is 6.42 Å². The van der Waals surface area contributed by atoms with E-state index in [1.165, 1.54) is 17.0 Å². The van der Waals surface area contributed by atoms with Crippen LogP contribution in [-0.4, -0.2) is 30.9 Å². The van der Waals surface area contributed by atoms with Crippen LogP contribution in [0.5, 0.6) is 0 Å². The van der Waals surface area contributed by atoms with Gasteiger partial charge in [0.25, 0.3) is 5.91 Å². The van der Waals surface area contributed by atoms with Gasteiger partial charge in [-0.2, -0.15) is 0 Å². The molecule has 0 aromatic heterocycles. The molecule has 152 valence electrons. The maximum Gasteiger partial charge on any atom is 0.311 e. The van der Waals surface area contributed by atoms with Crippen molar-refractivity contribution in [1.29, 1.82) is 0 Å². The van der Waals surface area contributed by atoms with E-state index < -0.39 is 24.4 Å². The quantitative estimate of drug-likeness (QED) is 0.628. The van der Waals surface area contributed by atoms with Crippen LogP contribution in [0.15, 0.2) is 36.4 Å². The number of nitrogens with zero attached hydrogens (tertiary/aromatic N) is 1. The first kappa shape index (κ1) is 21.7. The third-order valence-corrected chi connectivity index (χ3v) is 5.50. The lowest BCUT2D eigenvalue weighted by Crippen LogP contribution is -2.28. The Balaban J connectivity index is 1.56. The minimum atomic E-state index is -0.713. The van der Waals surface area contributed by atoms with E-state index in [1.54, 1.807) is 24.3 Å². The first-order valence-electron chi connectivity index (χ1n) is 8.41. The van der Waals surface area contributed by atoms with Crippen molar-refractivity contribution in [3.05, 3.63) is 56.5 Å². The van der Waals surface area contributed by atoms with E-state index in [2.05, 4.69) is 5.32 Å². The van der Waals surface area contributed by atoms with Crippen molar-refractivity contribution >= 4 is 75.6 Å². The average Bonchev–Trinajstić information content (AvgIpc) is 3.06. The zero-order chi connectivity index (χ0) is 21.1. The van der Waals surface area contributed by atoms with E-state index in [4.69, 9.17) is 51.1 Å². The molecular formula is C19H14Cl4N2O4. The SMILES string of the molecule is O=C(COC(=O)[C@@H]1CC(=O)N(c2cc(Cl)ccc2Cl)C1)Nc1ccc(Cl)c(Cl)c1. The molecule has 29 heavy (non-hydrogen) atoms. The third kappa shape index (κ3) is 5.34. The summed E-state index contributed by atoms with van der Waals surface area (Å²) < 4.78 is 5.05. The minimum absolute atomic E-state index is 0.0455. The Morgan fingerprint density at radius 2 is 1.76 bits per heavy atom. The summed E-state index contributed by atoms with van der Waals surface area (Å²) in [4.78, 5) is 38.0. The third-order valence-electron chi connectivity index (χ3n) is 4.21. The molecule has 6 nitrogen and oxygen atoms in total. The number of carbonyl (C=O) groups excluding carboxylic acids is 3. The highest BCUT2D eigenvalue weighted by atomic mass is 35.5. The average molecular weight is 476 g/mol. The van der Waals surface area contributed by atoms with Crippen molar-refractivity contribution in [2.45, 2.75) is 6.42 Å². The van der Waals surface area contributed by atoms with Crippen LogP contribution < -0.4 is 10.2 Å². The lowest BCUT2D eigenvalue weighted by molar-refractivity contribution is -0.151. The molecule has 1 aliphatic heterocycles. The molecule has 2 amide bonds. The molecule has 0 aliphatic carbocycles. The number of esters is 1. The summed E-state index contributed by atoms with van der Waals surface area (Å²) in [5.74, 6) is -2.19. The molecule has 0 spiro atoms. The maximum absolute atomic E-state index is 12.3. The number of benzene rings is 2. The van der Waals surface area contributed by atoms with E-state index in [9.17, 15) is 14.4 Å². The van der Waals surface area contributed by atoms with E-state index in [1.807, 2.05) is 0 Å². The van der Waals surface area contributed by atoms with Crippen LogP contribution in [0.25, 0.3) is 0 Å². The molecular weight excluding hydrogens is 462 g/mol. The van der Waals surface area contributed by atoms with Crippen molar-refractivity contribution < 1.29 is 19.1 Å². The first-order chi connectivity index (χ1) is 13.7. The van der Waals surface area contributed by atoms with Gasteiger partial charge in [-0.25, -0.2) is 0 Å². The molecule has 1 atom stereocenters. The molecule has 3 rings (SSSR count). The normalized spacial score (nSPS) is 16.1. The highest BCUT2D eigenvalue weighted by Crippen LogP contribution is 2.33. The molecule has 1 heterocycles. The lowest BCUT2D eigenvalue weighted by Gasteiger charge is -2.18. The molecule has 0 radical (unpaired) electrons. The van der Waals surface area contributed by atoms with Gasteiger partial charge < -0.3 is 15.0 Å². The first-order valence-corrected chi connectivity index (χ1v) is 9.92. The van der Waals surface area contributed by atoms with Gasteiger partial charge in [-0.3, -0.25) is 14.4 Å². The standard InChI is InChI=1S/C19H14Cl4N2O4/c20-11-1-3-14(22)16(6-11)25-8-10(5-18(25)27)19(28)29-9-17(26)24-12-2-4-13(21)15(23)7-12/h1-4,6-7,10H,5,8-9H2,(H,24,26)/t10-/m1/s1.